The average molecular weight is 446 g/mol. The van der Waals surface area contributed by atoms with Crippen molar-refractivity contribution in [2.24, 2.45) is 11.5 Å². The van der Waals surface area contributed by atoms with Crippen molar-refractivity contribution in [1.82, 2.24) is 4.57 Å². The van der Waals surface area contributed by atoms with Crippen LogP contribution in [0, 0.1) is 0 Å². The van der Waals surface area contributed by atoms with Crippen LogP contribution < -0.4 is 20.9 Å². The van der Waals surface area contributed by atoms with Crippen LogP contribution in [-0.4, -0.2) is 30.9 Å². The highest BCUT2D eigenvalue weighted by Gasteiger charge is 2.12. The molecule has 0 aliphatic rings. The Morgan fingerprint density at radius 2 is 1.39 bits per heavy atom. The van der Waals surface area contributed by atoms with Gasteiger partial charge in [-0.05, 0) is 73.8 Å². The first-order valence-corrected chi connectivity index (χ1v) is 12.1. The fourth-order valence-corrected chi connectivity index (χ4v) is 4.24. The van der Waals surface area contributed by atoms with Crippen molar-refractivity contribution in [2.45, 2.75) is 39.2 Å². The molecule has 4 aromatic rings. The maximum absolute atomic E-state index is 6.04. The summed E-state index contributed by atoms with van der Waals surface area (Å²) in [4.78, 5) is 0. The Morgan fingerprint density at radius 3 is 2.12 bits per heavy atom. The molecule has 0 fully saturated rings. The molecule has 5 nitrogen and oxygen atoms in total. The molecule has 0 aliphatic carbocycles. The molecule has 1 aromatic heterocycles. The number of unbranched alkanes of at least 4 members (excludes halogenated alkanes) is 1. The van der Waals surface area contributed by atoms with Crippen LogP contribution in [0.1, 0.15) is 32.6 Å². The van der Waals surface area contributed by atoms with Crippen LogP contribution >= 0.6 is 0 Å². The van der Waals surface area contributed by atoms with Gasteiger partial charge in [-0.15, -0.1) is 0 Å². The highest BCUT2D eigenvalue weighted by Crippen LogP contribution is 2.35. The van der Waals surface area contributed by atoms with Gasteiger partial charge in [0.1, 0.15) is 11.5 Å². The van der Waals surface area contributed by atoms with Gasteiger partial charge in [-0.25, -0.2) is 0 Å². The highest BCUT2D eigenvalue weighted by molar-refractivity contribution is 6.09. The number of aromatic nitrogens is 1. The SMILES string of the molecule is CCCCOc1cc(OCCCN)cc(-c2ccc3c(c2)c2ccccc2n3CCCN)c1. The van der Waals surface area contributed by atoms with E-state index in [0.717, 1.165) is 54.9 Å². The van der Waals surface area contributed by atoms with Gasteiger partial charge in [0.15, 0.2) is 0 Å². The Morgan fingerprint density at radius 1 is 0.697 bits per heavy atom. The van der Waals surface area contributed by atoms with Gasteiger partial charge in [-0.1, -0.05) is 37.6 Å². The van der Waals surface area contributed by atoms with Crippen molar-refractivity contribution in [1.29, 1.82) is 0 Å². The van der Waals surface area contributed by atoms with Crippen molar-refractivity contribution in [3.05, 3.63) is 60.7 Å². The largest absolute Gasteiger partial charge is 0.493 e. The molecule has 0 atom stereocenters. The fraction of sp³-hybridized carbons (Fsp3) is 0.357. The lowest BCUT2D eigenvalue weighted by atomic mass is 10.0. The van der Waals surface area contributed by atoms with E-state index in [9.17, 15) is 0 Å². The topological polar surface area (TPSA) is 75.4 Å². The standard InChI is InChI=1S/C28H35N3O2/c1-2-3-15-32-23-17-22(18-24(20-23)33-16-7-13-30)21-10-11-28-26(19-21)25-8-4-5-9-27(25)31(28)14-6-12-29/h4-5,8-11,17-20H,2-3,6-7,12-16,29-30H2,1H3. The van der Waals surface area contributed by atoms with E-state index < -0.39 is 0 Å². The van der Waals surface area contributed by atoms with E-state index in [1.807, 2.05) is 6.07 Å². The summed E-state index contributed by atoms with van der Waals surface area (Å²) in [5, 5.41) is 2.52. The fourth-order valence-electron chi connectivity index (χ4n) is 4.24. The maximum Gasteiger partial charge on any atom is 0.123 e. The molecule has 0 radical (unpaired) electrons. The van der Waals surface area contributed by atoms with Gasteiger partial charge in [-0.3, -0.25) is 0 Å². The number of aryl methyl sites for hydroxylation is 1. The zero-order valence-corrected chi connectivity index (χ0v) is 19.6. The average Bonchev–Trinajstić information content (AvgIpc) is 3.16. The smallest absolute Gasteiger partial charge is 0.123 e. The molecule has 33 heavy (non-hydrogen) atoms. The van der Waals surface area contributed by atoms with Crippen molar-refractivity contribution < 1.29 is 9.47 Å². The molecule has 0 bridgehead atoms. The minimum Gasteiger partial charge on any atom is -0.493 e. The molecule has 0 unspecified atom stereocenters. The summed E-state index contributed by atoms with van der Waals surface area (Å²) in [7, 11) is 0. The summed E-state index contributed by atoms with van der Waals surface area (Å²) in [6, 6.07) is 21.5. The zero-order valence-electron chi connectivity index (χ0n) is 19.6. The van der Waals surface area contributed by atoms with Crippen LogP contribution in [0.3, 0.4) is 0 Å². The normalized spacial score (nSPS) is 11.4. The quantitative estimate of drug-likeness (QED) is 0.274. The number of hydrogen-bond acceptors (Lipinski definition) is 4. The van der Waals surface area contributed by atoms with Crippen LogP contribution in [-0.2, 0) is 6.54 Å². The third kappa shape index (κ3) is 5.32. The first-order valence-electron chi connectivity index (χ1n) is 12.1. The van der Waals surface area contributed by atoms with E-state index in [-0.39, 0.29) is 0 Å². The molecule has 1 heterocycles. The number of nitrogens with two attached hydrogens (primary N) is 2. The highest BCUT2D eigenvalue weighted by atomic mass is 16.5. The van der Waals surface area contributed by atoms with Crippen LogP contribution in [0.5, 0.6) is 11.5 Å². The molecule has 0 amide bonds. The van der Waals surface area contributed by atoms with Crippen LogP contribution in [0.25, 0.3) is 32.9 Å². The van der Waals surface area contributed by atoms with E-state index in [2.05, 4.69) is 66.1 Å². The molecular formula is C28H35N3O2. The Balaban J connectivity index is 1.76. The molecule has 0 saturated heterocycles. The number of hydrogen-bond donors (Lipinski definition) is 2. The minimum atomic E-state index is 0.599. The number of rotatable bonds is 12. The second kappa shape index (κ2) is 11.2. The number of fused-ring (bicyclic) bond motifs is 3. The molecule has 174 valence electrons. The van der Waals surface area contributed by atoms with Crippen molar-refractivity contribution in [3.8, 4) is 22.6 Å². The molecule has 0 spiro atoms. The van der Waals surface area contributed by atoms with Crippen molar-refractivity contribution in [2.75, 3.05) is 26.3 Å². The van der Waals surface area contributed by atoms with Crippen LogP contribution in [0.2, 0.25) is 0 Å². The van der Waals surface area contributed by atoms with E-state index in [0.29, 0.717) is 26.3 Å². The van der Waals surface area contributed by atoms with Crippen LogP contribution in [0.4, 0.5) is 0 Å². The predicted molar refractivity (Wildman–Crippen MR) is 138 cm³/mol. The van der Waals surface area contributed by atoms with Crippen molar-refractivity contribution in [3.63, 3.8) is 0 Å². The lowest BCUT2D eigenvalue weighted by molar-refractivity contribution is 0.296. The molecule has 0 saturated carbocycles. The summed E-state index contributed by atoms with van der Waals surface area (Å²) in [6.07, 6.45) is 3.91. The summed E-state index contributed by atoms with van der Waals surface area (Å²) in [5.74, 6) is 1.66. The van der Waals surface area contributed by atoms with Gasteiger partial charge in [-0.2, -0.15) is 0 Å². The second-order valence-corrected chi connectivity index (χ2v) is 8.43. The van der Waals surface area contributed by atoms with Gasteiger partial charge >= 0.3 is 0 Å². The van der Waals surface area contributed by atoms with E-state index in [1.165, 1.54) is 21.8 Å². The molecule has 4 N–H and O–H groups in total. The monoisotopic (exact) mass is 445 g/mol. The summed E-state index contributed by atoms with van der Waals surface area (Å²) in [5.41, 5.74) is 16.2. The van der Waals surface area contributed by atoms with E-state index in [4.69, 9.17) is 20.9 Å². The Bertz CT molecular complexity index is 1170. The lowest BCUT2D eigenvalue weighted by Gasteiger charge is -2.13. The maximum atomic E-state index is 6.04. The van der Waals surface area contributed by atoms with Crippen molar-refractivity contribution >= 4 is 21.8 Å². The van der Waals surface area contributed by atoms with Crippen LogP contribution in [0.15, 0.2) is 60.7 Å². The zero-order chi connectivity index (χ0) is 23.0. The first-order chi connectivity index (χ1) is 16.2. The summed E-state index contributed by atoms with van der Waals surface area (Å²) >= 11 is 0. The Hall–Kier alpha value is -3.02. The number of benzene rings is 3. The third-order valence-electron chi connectivity index (χ3n) is 5.96. The predicted octanol–water partition coefficient (Wildman–Crippen LogP) is 5.72. The van der Waals surface area contributed by atoms with Gasteiger partial charge in [0.25, 0.3) is 0 Å². The summed E-state index contributed by atoms with van der Waals surface area (Å²) in [6.45, 7) is 5.69. The van der Waals surface area contributed by atoms with Gasteiger partial charge < -0.3 is 25.5 Å². The molecule has 5 heteroatoms. The van der Waals surface area contributed by atoms with Gasteiger partial charge in [0, 0.05) is 34.4 Å². The molecule has 0 aliphatic heterocycles. The molecule has 4 rings (SSSR count). The Kier molecular flexibility index (Phi) is 7.87. The lowest BCUT2D eigenvalue weighted by Crippen LogP contribution is -2.06. The minimum absolute atomic E-state index is 0.599. The summed E-state index contributed by atoms with van der Waals surface area (Å²) < 4.78 is 14.4. The first kappa shape index (κ1) is 23.1. The van der Waals surface area contributed by atoms with E-state index in [1.54, 1.807) is 0 Å². The van der Waals surface area contributed by atoms with E-state index >= 15 is 0 Å². The number of para-hydroxylation sites is 1. The second-order valence-electron chi connectivity index (χ2n) is 8.43. The number of nitrogens with zero attached hydrogens (tertiary/aromatic N) is 1. The Labute approximate surface area is 196 Å². The molecular weight excluding hydrogens is 410 g/mol. The van der Waals surface area contributed by atoms with Gasteiger partial charge in [0.05, 0.1) is 13.2 Å². The third-order valence-corrected chi connectivity index (χ3v) is 5.96. The van der Waals surface area contributed by atoms with Gasteiger partial charge in [0.2, 0.25) is 0 Å². The number of ether oxygens (including phenoxy) is 2. The molecule has 3 aromatic carbocycles.